The Hall–Kier alpha value is -1.10. The topological polar surface area (TPSA) is 83.6 Å². The van der Waals surface area contributed by atoms with Gasteiger partial charge in [-0.05, 0) is 31.6 Å². The van der Waals surface area contributed by atoms with Gasteiger partial charge in [-0.2, -0.15) is 0 Å². The highest BCUT2D eigenvalue weighted by atomic mass is 16.4. The first-order chi connectivity index (χ1) is 8.54. The van der Waals surface area contributed by atoms with Crippen LogP contribution in [0.15, 0.2) is 0 Å². The lowest BCUT2D eigenvalue weighted by molar-refractivity contribution is -0.137. The molecule has 5 heteroatoms. The molecule has 0 spiro atoms. The van der Waals surface area contributed by atoms with Crippen LogP contribution in [0, 0.1) is 5.92 Å². The zero-order valence-corrected chi connectivity index (χ0v) is 11.1. The molecule has 1 rings (SSSR count). The minimum atomic E-state index is -0.763. The van der Waals surface area contributed by atoms with E-state index in [9.17, 15) is 9.59 Å². The van der Waals surface area contributed by atoms with Gasteiger partial charge < -0.3 is 15.7 Å². The molecule has 1 amide bonds. The number of carboxylic acid groups (broad SMARTS) is 1. The summed E-state index contributed by atoms with van der Waals surface area (Å²) in [5.74, 6) is -0.425. The predicted molar refractivity (Wildman–Crippen MR) is 69.1 cm³/mol. The summed E-state index contributed by atoms with van der Waals surface area (Å²) in [5.41, 5.74) is 5.84. The molecule has 0 aromatic heterocycles. The molecule has 0 aromatic carbocycles. The van der Waals surface area contributed by atoms with Gasteiger partial charge in [0.1, 0.15) is 0 Å². The number of likely N-dealkylation sites (tertiary alicyclic amines) is 1. The smallest absolute Gasteiger partial charge is 0.303 e. The van der Waals surface area contributed by atoms with E-state index in [1.807, 2.05) is 11.8 Å². The highest BCUT2D eigenvalue weighted by molar-refractivity contribution is 5.81. The van der Waals surface area contributed by atoms with E-state index in [4.69, 9.17) is 10.8 Å². The minimum Gasteiger partial charge on any atom is -0.481 e. The van der Waals surface area contributed by atoms with E-state index in [1.165, 1.54) is 0 Å². The van der Waals surface area contributed by atoms with Gasteiger partial charge in [-0.25, -0.2) is 0 Å². The van der Waals surface area contributed by atoms with Crippen molar-refractivity contribution in [3.8, 4) is 0 Å². The standard InChI is InChI=1S/C13H24N2O3/c1-2-4-11(14)13(18)15-8-3-5-10(9-15)6-7-12(16)17/h10-11H,2-9,14H2,1H3,(H,16,17). The molecule has 0 aliphatic carbocycles. The number of carbonyl (C=O) groups is 2. The van der Waals surface area contributed by atoms with Crippen molar-refractivity contribution in [3.63, 3.8) is 0 Å². The molecule has 2 atom stereocenters. The molecule has 0 saturated carbocycles. The van der Waals surface area contributed by atoms with Crippen LogP contribution in [-0.4, -0.2) is 41.0 Å². The predicted octanol–water partition coefficient (Wildman–Crippen LogP) is 1.22. The lowest BCUT2D eigenvalue weighted by atomic mass is 9.93. The highest BCUT2D eigenvalue weighted by Gasteiger charge is 2.26. The molecular weight excluding hydrogens is 232 g/mol. The van der Waals surface area contributed by atoms with Crippen LogP contribution >= 0.6 is 0 Å². The second-order valence-electron chi connectivity index (χ2n) is 5.12. The Kier molecular flexibility index (Phi) is 6.12. The Balaban J connectivity index is 2.42. The number of rotatable bonds is 6. The third-order valence-electron chi connectivity index (χ3n) is 3.51. The summed E-state index contributed by atoms with van der Waals surface area (Å²) in [5, 5.41) is 8.68. The molecule has 1 aliphatic rings. The molecule has 104 valence electrons. The maximum absolute atomic E-state index is 12.1. The number of piperidine rings is 1. The van der Waals surface area contributed by atoms with Gasteiger partial charge in [0.05, 0.1) is 6.04 Å². The van der Waals surface area contributed by atoms with Crippen molar-refractivity contribution in [1.29, 1.82) is 0 Å². The maximum Gasteiger partial charge on any atom is 0.303 e. The van der Waals surface area contributed by atoms with Gasteiger partial charge in [-0.3, -0.25) is 9.59 Å². The van der Waals surface area contributed by atoms with Crippen LogP contribution in [0.25, 0.3) is 0 Å². The number of amides is 1. The van der Waals surface area contributed by atoms with E-state index >= 15 is 0 Å². The van der Waals surface area contributed by atoms with Crippen LogP contribution in [0.2, 0.25) is 0 Å². The Bertz CT molecular complexity index is 294. The quantitative estimate of drug-likeness (QED) is 0.748. The van der Waals surface area contributed by atoms with Gasteiger partial charge in [0.15, 0.2) is 0 Å². The highest BCUT2D eigenvalue weighted by Crippen LogP contribution is 2.21. The van der Waals surface area contributed by atoms with Crippen molar-refractivity contribution in [3.05, 3.63) is 0 Å². The minimum absolute atomic E-state index is 0.0249. The number of nitrogens with zero attached hydrogens (tertiary/aromatic N) is 1. The van der Waals surface area contributed by atoms with Gasteiger partial charge in [-0.1, -0.05) is 13.3 Å². The molecular formula is C13H24N2O3. The fourth-order valence-corrected chi connectivity index (χ4v) is 2.50. The zero-order chi connectivity index (χ0) is 13.5. The molecule has 0 radical (unpaired) electrons. The first-order valence-corrected chi connectivity index (χ1v) is 6.80. The average molecular weight is 256 g/mol. The summed E-state index contributed by atoms with van der Waals surface area (Å²) in [6.07, 6.45) is 4.43. The largest absolute Gasteiger partial charge is 0.481 e. The van der Waals surface area contributed by atoms with Crippen molar-refractivity contribution < 1.29 is 14.7 Å². The molecule has 1 saturated heterocycles. The van der Waals surface area contributed by atoms with Gasteiger partial charge >= 0.3 is 5.97 Å². The summed E-state index contributed by atoms with van der Waals surface area (Å²) in [6, 6.07) is -0.395. The van der Waals surface area contributed by atoms with E-state index in [1.54, 1.807) is 0 Å². The maximum atomic E-state index is 12.1. The monoisotopic (exact) mass is 256 g/mol. The summed E-state index contributed by atoms with van der Waals surface area (Å²) in [4.78, 5) is 24.4. The Labute approximate surface area is 108 Å². The summed E-state index contributed by atoms with van der Waals surface area (Å²) in [7, 11) is 0. The van der Waals surface area contributed by atoms with Gasteiger partial charge in [0.25, 0.3) is 0 Å². The lowest BCUT2D eigenvalue weighted by Crippen LogP contribution is -2.48. The van der Waals surface area contributed by atoms with E-state index in [2.05, 4.69) is 0 Å². The molecule has 0 bridgehead atoms. The number of aliphatic carboxylic acids is 1. The lowest BCUT2D eigenvalue weighted by Gasteiger charge is -2.34. The normalized spacial score (nSPS) is 21.7. The molecule has 18 heavy (non-hydrogen) atoms. The van der Waals surface area contributed by atoms with Crippen molar-refractivity contribution in [2.75, 3.05) is 13.1 Å². The number of carboxylic acids is 1. The molecule has 5 nitrogen and oxygen atoms in total. The first-order valence-electron chi connectivity index (χ1n) is 6.80. The van der Waals surface area contributed by atoms with Crippen LogP contribution in [0.5, 0.6) is 0 Å². The van der Waals surface area contributed by atoms with E-state index in [0.717, 1.165) is 32.2 Å². The fourth-order valence-electron chi connectivity index (χ4n) is 2.50. The summed E-state index contributed by atoms with van der Waals surface area (Å²) < 4.78 is 0. The Morgan fingerprint density at radius 3 is 2.83 bits per heavy atom. The molecule has 3 N–H and O–H groups in total. The third-order valence-corrected chi connectivity index (χ3v) is 3.51. The van der Waals surface area contributed by atoms with Gasteiger partial charge in [0.2, 0.25) is 5.91 Å². The van der Waals surface area contributed by atoms with Gasteiger partial charge in [-0.15, -0.1) is 0 Å². The van der Waals surface area contributed by atoms with Crippen molar-refractivity contribution in [1.82, 2.24) is 4.90 Å². The molecule has 0 aromatic rings. The SMILES string of the molecule is CCCC(N)C(=O)N1CCCC(CCC(=O)O)C1. The molecule has 1 aliphatic heterocycles. The van der Waals surface area contributed by atoms with Gasteiger partial charge in [0, 0.05) is 19.5 Å². The van der Waals surface area contributed by atoms with E-state index in [-0.39, 0.29) is 12.3 Å². The average Bonchev–Trinajstić information content (AvgIpc) is 2.36. The van der Waals surface area contributed by atoms with Crippen molar-refractivity contribution in [2.45, 2.75) is 51.5 Å². The molecule has 1 heterocycles. The number of hydrogen-bond acceptors (Lipinski definition) is 3. The second kappa shape index (κ2) is 7.36. The Morgan fingerprint density at radius 2 is 2.22 bits per heavy atom. The third kappa shape index (κ3) is 4.64. The van der Waals surface area contributed by atoms with Crippen LogP contribution in [-0.2, 0) is 9.59 Å². The van der Waals surface area contributed by atoms with Crippen LogP contribution in [0.4, 0.5) is 0 Å². The van der Waals surface area contributed by atoms with Crippen molar-refractivity contribution in [2.24, 2.45) is 11.7 Å². The summed E-state index contributed by atoms with van der Waals surface area (Å²) in [6.45, 7) is 3.45. The Morgan fingerprint density at radius 1 is 1.50 bits per heavy atom. The number of hydrogen-bond donors (Lipinski definition) is 2. The summed E-state index contributed by atoms with van der Waals surface area (Å²) >= 11 is 0. The van der Waals surface area contributed by atoms with Crippen LogP contribution < -0.4 is 5.73 Å². The van der Waals surface area contributed by atoms with Crippen molar-refractivity contribution >= 4 is 11.9 Å². The first kappa shape index (κ1) is 15.0. The van der Waals surface area contributed by atoms with Crippen LogP contribution in [0.3, 0.4) is 0 Å². The molecule has 2 unspecified atom stereocenters. The van der Waals surface area contributed by atoms with E-state index < -0.39 is 12.0 Å². The van der Waals surface area contributed by atoms with E-state index in [0.29, 0.717) is 18.9 Å². The molecule has 1 fully saturated rings. The fraction of sp³-hybridized carbons (Fsp3) is 0.846. The number of nitrogens with two attached hydrogens (primary N) is 1. The zero-order valence-electron chi connectivity index (χ0n) is 11.1. The van der Waals surface area contributed by atoms with Crippen LogP contribution in [0.1, 0.15) is 45.4 Å². The number of carbonyl (C=O) groups excluding carboxylic acids is 1. The second-order valence-corrected chi connectivity index (χ2v) is 5.12.